The predicted molar refractivity (Wildman–Crippen MR) is 77.0 cm³/mol. The molecule has 1 saturated heterocycles. The molecule has 0 radical (unpaired) electrons. The Labute approximate surface area is 122 Å². The summed E-state index contributed by atoms with van der Waals surface area (Å²) in [6.07, 6.45) is 4.53. The molecule has 5 heteroatoms. The molecular weight excluding hydrogens is 273 g/mol. The van der Waals surface area contributed by atoms with Gasteiger partial charge in [0.2, 0.25) is 5.91 Å². The maximum absolute atomic E-state index is 12.8. The zero-order valence-corrected chi connectivity index (χ0v) is 11.8. The Kier molecular flexibility index (Phi) is 4.73. The second-order valence-corrected chi connectivity index (χ2v) is 5.32. The van der Waals surface area contributed by atoms with E-state index in [-0.39, 0.29) is 17.6 Å². The fraction of sp³-hybridized carbons (Fsp3) is 0.375. The molecule has 1 fully saturated rings. The van der Waals surface area contributed by atoms with Crippen LogP contribution >= 0.6 is 0 Å². The normalized spacial score (nSPS) is 22.5. The highest BCUT2D eigenvalue weighted by Gasteiger charge is 2.36. The first-order chi connectivity index (χ1) is 9.99. The number of carbonyl (C=O) groups is 2. The Morgan fingerprint density at radius 1 is 1.33 bits per heavy atom. The van der Waals surface area contributed by atoms with Crippen molar-refractivity contribution < 1.29 is 19.1 Å². The third kappa shape index (κ3) is 3.68. The van der Waals surface area contributed by atoms with Crippen LogP contribution in [0.3, 0.4) is 0 Å². The minimum Gasteiger partial charge on any atom is -0.480 e. The van der Waals surface area contributed by atoms with Gasteiger partial charge in [-0.3, -0.25) is 4.79 Å². The van der Waals surface area contributed by atoms with Crippen molar-refractivity contribution in [3.8, 4) is 0 Å². The van der Waals surface area contributed by atoms with Crippen molar-refractivity contribution in [1.82, 2.24) is 4.90 Å². The molecule has 1 heterocycles. The monoisotopic (exact) mass is 291 g/mol. The molecule has 1 aromatic rings. The van der Waals surface area contributed by atoms with Crippen LogP contribution in [0, 0.1) is 11.7 Å². The fourth-order valence-electron chi connectivity index (χ4n) is 2.65. The van der Waals surface area contributed by atoms with Crippen LogP contribution in [-0.4, -0.2) is 34.5 Å². The van der Waals surface area contributed by atoms with Crippen molar-refractivity contribution in [3.05, 3.63) is 41.7 Å². The van der Waals surface area contributed by atoms with E-state index in [1.165, 1.54) is 23.1 Å². The third-order valence-electron chi connectivity index (χ3n) is 3.76. The molecular formula is C16H18FNO3. The molecule has 1 aliphatic heterocycles. The van der Waals surface area contributed by atoms with Gasteiger partial charge < -0.3 is 10.0 Å². The van der Waals surface area contributed by atoms with E-state index < -0.39 is 12.0 Å². The van der Waals surface area contributed by atoms with Gasteiger partial charge in [0.1, 0.15) is 11.9 Å². The summed E-state index contributed by atoms with van der Waals surface area (Å²) in [4.78, 5) is 24.9. The molecule has 0 spiro atoms. The summed E-state index contributed by atoms with van der Waals surface area (Å²) in [5, 5.41) is 9.28. The number of amides is 1. The van der Waals surface area contributed by atoms with Gasteiger partial charge in [-0.2, -0.15) is 0 Å². The smallest absolute Gasteiger partial charge is 0.326 e. The van der Waals surface area contributed by atoms with Crippen molar-refractivity contribution in [3.63, 3.8) is 0 Å². The molecule has 2 atom stereocenters. The SMILES string of the molecule is CC1CCCN(C(=O)/C=C/c2ccc(F)cc2)C1C(=O)O. The maximum atomic E-state index is 12.8. The van der Waals surface area contributed by atoms with Crippen LogP contribution in [0.5, 0.6) is 0 Å². The second kappa shape index (κ2) is 6.52. The minimum atomic E-state index is -0.967. The summed E-state index contributed by atoms with van der Waals surface area (Å²) in [6, 6.07) is 4.98. The Bertz CT molecular complexity index is 553. The van der Waals surface area contributed by atoms with E-state index >= 15 is 0 Å². The van der Waals surface area contributed by atoms with E-state index in [4.69, 9.17) is 0 Å². The standard InChI is InChI=1S/C16H18FNO3/c1-11-3-2-10-18(15(11)16(20)21)14(19)9-6-12-4-7-13(17)8-5-12/h4-9,11,15H,2-3,10H2,1H3,(H,20,21)/b9-6+. The van der Waals surface area contributed by atoms with Gasteiger partial charge in [0, 0.05) is 12.6 Å². The van der Waals surface area contributed by atoms with E-state index in [0.29, 0.717) is 12.1 Å². The number of halogens is 1. The van der Waals surface area contributed by atoms with Gasteiger partial charge in [-0.25, -0.2) is 9.18 Å². The van der Waals surface area contributed by atoms with Crippen LogP contribution in [0.2, 0.25) is 0 Å². The molecule has 0 bridgehead atoms. The Morgan fingerprint density at radius 2 is 2.00 bits per heavy atom. The third-order valence-corrected chi connectivity index (χ3v) is 3.76. The topological polar surface area (TPSA) is 57.6 Å². The largest absolute Gasteiger partial charge is 0.480 e. The molecule has 1 aromatic carbocycles. The van der Waals surface area contributed by atoms with Crippen molar-refractivity contribution in [2.45, 2.75) is 25.8 Å². The van der Waals surface area contributed by atoms with Crippen molar-refractivity contribution in [1.29, 1.82) is 0 Å². The number of likely N-dealkylation sites (tertiary alicyclic amines) is 1. The number of carbonyl (C=O) groups excluding carboxylic acids is 1. The van der Waals surface area contributed by atoms with Gasteiger partial charge in [-0.15, -0.1) is 0 Å². The van der Waals surface area contributed by atoms with Gasteiger partial charge in [0.25, 0.3) is 0 Å². The van der Waals surface area contributed by atoms with Crippen molar-refractivity contribution in [2.24, 2.45) is 5.92 Å². The average Bonchev–Trinajstić information content (AvgIpc) is 2.45. The summed E-state index contributed by atoms with van der Waals surface area (Å²) in [5.41, 5.74) is 0.696. The summed E-state index contributed by atoms with van der Waals surface area (Å²) in [5.74, 6) is -1.68. The van der Waals surface area contributed by atoms with Crippen LogP contribution in [0.25, 0.3) is 6.08 Å². The van der Waals surface area contributed by atoms with Gasteiger partial charge >= 0.3 is 5.97 Å². The van der Waals surface area contributed by atoms with E-state index in [0.717, 1.165) is 12.8 Å². The number of carboxylic acid groups (broad SMARTS) is 1. The van der Waals surface area contributed by atoms with E-state index in [9.17, 15) is 19.1 Å². The molecule has 2 rings (SSSR count). The quantitative estimate of drug-likeness (QED) is 0.871. The first-order valence-corrected chi connectivity index (χ1v) is 6.96. The molecule has 2 unspecified atom stereocenters. The van der Waals surface area contributed by atoms with Gasteiger partial charge in [-0.1, -0.05) is 19.1 Å². The molecule has 0 aromatic heterocycles. The number of benzene rings is 1. The zero-order valence-electron chi connectivity index (χ0n) is 11.8. The lowest BCUT2D eigenvalue weighted by Crippen LogP contribution is -2.51. The zero-order chi connectivity index (χ0) is 15.4. The van der Waals surface area contributed by atoms with Crippen LogP contribution in [0.15, 0.2) is 30.3 Å². The maximum Gasteiger partial charge on any atom is 0.326 e. The lowest BCUT2D eigenvalue weighted by Gasteiger charge is -2.36. The van der Waals surface area contributed by atoms with Crippen molar-refractivity contribution >= 4 is 18.0 Å². The number of nitrogens with zero attached hydrogens (tertiary/aromatic N) is 1. The Morgan fingerprint density at radius 3 is 2.62 bits per heavy atom. The Hall–Kier alpha value is -2.17. The number of aliphatic carboxylic acids is 1. The molecule has 0 saturated carbocycles. The number of carboxylic acids is 1. The number of hydrogen-bond acceptors (Lipinski definition) is 2. The molecule has 21 heavy (non-hydrogen) atoms. The lowest BCUT2D eigenvalue weighted by atomic mass is 9.90. The number of rotatable bonds is 3. The van der Waals surface area contributed by atoms with Crippen LogP contribution in [0.1, 0.15) is 25.3 Å². The second-order valence-electron chi connectivity index (χ2n) is 5.32. The van der Waals surface area contributed by atoms with E-state index in [2.05, 4.69) is 0 Å². The highest BCUT2D eigenvalue weighted by molar-refractivity contribution is 5.94. The average molecular weight is 291 g/mol. The van der Waals surface area contributed by atoms with Crippen LogP contribution in [0.4, 0.5) is 4.39 Å². The van der Waals surface area contributed by atoms with Crippen LogP contribution in [-0.2, 0) is 9.59 Å². The fourth-order valence-corrected chi connectivity index (χ4v) is 2.65. The molecule has 0 aliphatic carbocycles. The minimum absolute atomic E-state index is 0.0561. The number of piperidine rings is 1. The predicted octanol–water partition coefficient (Wildman–Crippen LogP) is 2.55. The highest BCUT2D eigenvalue weighted by atomic mass is 19.1. The summed E-state index contributed by atoms with van der Waals surface area (Å²) in [6.45, 7) is 2.30. The van der Waals surface area contributed by atoms with Gasteiger partial charge in [-0.05, 0) is 42.5 Å². The van der Waals surface area contributed by atoms with E-state index in [1.54, 1.807) is 18.2 Å². The first-order valence-electron chi connectivity index (χ1n) is 6.96. The first kappa shape index (κ1) is 15.2. The summed E-state index contributed by atoms with van der Waals surface area (Å²) >= 11 is 0. The molecule has 1 amide bonds. The van der Waals surface area contributed by atoms with Gasteiger partial charge in [0.05, 0.1) is 0 Å². The molecule has 1 N–H and O–H groups in total. The Balaban J connectivity index is 2.10. The van der Waals surface area contributed by atoms with Crippen LogP contribution < -0.4 is 0 Å². The number of hydrogen-bond donors (Lipinski definition) is 1. The highest BCUT2D eigenvalue weighted by Crippen LogP contribution is 2.24. The van der Waals surface area contributed by atoms with E-state index in [1.807, 2.05) is 6.92 Å². The summed E-state index contributed by atoms with van der Waals surface area (Å²) < 4.78 is 12.8. The van der Waals surface area contributed by atoms with Gasteiger partial charge in [0.15, 0.2) is 0 Å². The van der Waals surface area contributed by atoms with Crippen molar-refractivity contribution in [2.75, 3.05) is 6.54 Å². The molecule has 112 valence electrons. The lowest BCUT2D eigenvalue weighted by molar-refractivity contribution is -0.152. The molecule has 4 nitrogen and oxygen atoms in total. The molecule has 1 aliphatic rings. The summed E-state index contributed by atoms with van der Waals surface area (Å²) in [7, 11) is 0.